The van der Waals surface area contributed by atoms with Crippen molar-refractivity contribution >= 4 is 11.8 Å². The Balaban J connectivity index is 1.41. The third kappa shape index (κ3) is 5.86. The Labute approximate surface area is 227 Å². The summed E-state index contributed by atoms with van der Waals surface area (Å²) in [6.45, 7) is 7.49. The van der Waals surface area contributed by atoms with E-state index >= 15 is 0 Å². The van der Waals surface area contributed by atoms with Gasteiger partial charge in [0.25, 0.3) is 0 Å². The van der Waals surface area contributed by atoms with Crippen molar-refractivity contribution < 1.29 is 13.9 Å². The number of carbonyl (C=O) groups is 1. The molecule has 1 fully saturated rings. The number of amides is 2. The molecule has 1 aliphatic rings. The lowest BCUT2D eigenvalue weighted by atomic mass is 9.94. The van der Waals surface area contributed by atoms with Gasteiger partial charge in [0.1, 0.15) is 17.3 Å². The quantitative estimate of drug-likeness (QED) is 0.333. The molecule has 1 aliphatic heterocycles. The summed E-state index contributed by atoms with van der Waals surface area (Å²) in [4.78, 5) is 15.7. The van der Waals surface area contributed by atoms with Crippen molar-refractivity contribution in [2.24, 2.45) is 0 Å². The van der Waals surface area contributed by atoms with Gasteiger partial charge in [0.15, 0.2) is 0 Å². The number of hydrogen-bond acceptors (Lipinski definition) is 5. The van der Waals surface area contributed by atoms with Crippen LogP contribution >= 0.6 is 0 Å². The lowest BCUT2D eigenvalue weighted by Gasteiger charge is -2.21. The van der Waals surface area contributed by atoms with Gasteiger partial charge in [-0.1, -0.05) is 30.3 Å². The first kappa shape index (κ1) is 26.6. The second kappa shape index (κ2) is 11.8. The summed E-state index contributed by atoms with van der Waals surface area (Å²) in [6, 6.07) is 15.7. The number of halogens is 1. The van der Waals surface area contributed by atoms with Crippen molar-refractivity contribution in [2.75, 3.05) is 38.7 Å². The predicted molar refractivity (Wildman–Crippen MR) is 149 cm³/mol. The number of para-hydroxylation sites is 1. The number of aromatic nitrogens is 4. The van der Waals surface area contributed by atoms with Crippen LogP contribution in [0.3, 0.4) is 0 Å². The van der Waals surface area contributed by atoms with Crippen LogP contribution in [0.25, 0.3) is 16.9 Å². The van der Waals surface area contributed by atoms with Gasteiger partial charge in [-0.2, -0.15) is 10.2 Å². The molecule has 2 amide bonds. The molecule has 0 bridgehead atoms. The maximum absolute atomic E-state index is 13.6. The maximum Gasteiger partial charge on any atom is 0.320 e. The number of nitrogens with zero attached hydrogens (tertiary/aromatic N) is 5. The SMILES string of the molecule is CCn1cc(-c2nn(-c3ccccc3)c(NC(=O)N[C@@H]3CN(CCOC)C[C@H]3c3ccc(F)cc3)c2C)cn1. The molecule has 4 aromatic rings. The minimum absolute atomic E-state index is 0.0174. The van der Waals surface area contributed by atoms with Crippen LogP contribution in [-0.4, -0.2) is 69.9 Å². The Hall–Kier alpha value is -4.02. The highest BCUT2D eigenvalue weighted by Gasteiger charge is 2.35. The van der Waals surface area contributed by atoms with Crippen LogP contribution in [-0.2, 0) is 11.3 Å². The summed E-state index contributed by atoms with van der Waals surface area (Å²) in [6.07, 6.45) is 3.74. The molecular formula is C29H34FN7O2. The molecule has 2 atom stereocenters. The van der Waals surface area contributed by atoms with Crippen LogP contribution in [0.4, 0.5) is 15.0 Å². The summed E-state index contributed by atoms with van der Waals surface area (Å²) in [5.74, 6) is 0.328. The number of rotatable bonds is 9. The van der Waals surface area contributed by atoms with Gasteiger partial charge in [-0.25, -0.2) is 13.9 Å². The van der Waals surface area contributed by atoms with Crippen LogP contribution in [0.2, 0.25) is 0 Å². The molecule has 3 heterocycles. The summed E-state index contributed by atoms with van der Waals surface area (Å²) in [5.41, 5.74) is 4.30. The fourth-order valence-electron chi connectivity index (χ4n) is 5.13. The first-order valence-electron chi connectivity index (χ1n) is 13.2. The predicted octanol–water partition coefficient (Wildman–Crippen LogP) is 4.44. The molecule has 0 saturated carbocycles. The zero-order valence-electron chi connectivity index (χ0n) is 22.5. The molecule has 5 rings (SSSR count). The minimum Gasteiger partial charge on any atom is -0.383 e. The molecule has 1 saturated heterocycles. The van der Waals surface area contributed by atoms with Crippen molar-refractivity contribution in [2.45, 2.75) is 32.4 Å². The number of aryl methyl sites for hydroxylation is 1. The van der Waals surface area contributed by atoms with Gasteiger partial charge in [-0.15, -0.1) is 0 Å². The fourth-order valence-corrected chi connectivity index (χ4v) is 5.13. The molecule has 0 aliphatic carbocycles. The Bertz CT molecular complexity index is 1400. The first-order chi connectivity index (χ1) is 19.0. The smallest absolute Gasteiger partial charge is 0.320 e. The van der Waals surface area contributed by atoms with Crippen LogP contribution in [0.15, 0.2) is 67.0 Å². The van der Waals surface area contributed by atoms with E-state index in [1.807, 2.05) is 55.1 Å². The van der Waals surface area contributed by atoms with Gasteiger partial charge in [-0.05, 0) is 43.7 Å². The van der Waals surface area contributed by atoms with E-state index < -0.39 is 0 Å². The standard InChI is InChI=1S/C29H34FN7O2/c1-4-36-17-22(16-31-36)27-20(2)28(37(34-27)24-8-6-5-7-9-24)33-29(38)32-26-19-35(14-15-39-3)18-25(26)21-10-12-23(30)13-11-21/h5-13,16-17,25-26H,4,14-15,18-19H2,1-3H3,(H2,32,33,38)/t25-,26+/m0/s1. The molecule has 2 aromatic heterocycles. The largest absolute Gasteiger partial charge is 0.383 e. The van der Waals surface area contributed by atoms with Crippen molar-refractivity contribution in [1.82, 2.24) is 29.8 Å². The third-order valence-electron chi connectivity index (χ3n) is 7.21. The molecule has 2 N–H and O–H groups in total. The summed E-state index contributed by atoms with van der Waals surface area (Å²) >= 11 is 0. The van der Waals surface area contributed by atoms with E-state index in [1.54, 1.807) is 30.1 Å². The Morgan fingerprint density at radius 2 is 1.90 bits per heavy atom. The van der Waals surface area contributed by atoms with Crippen molar-refractivity contribution in [3.63, 3.8) is 0 Å². The number of nitrogens with one attached hydrogen (secondary N) is 2. The second-order valence-electron chi connectivity index (χ2n) is 9.77. The number of carbonyl (C=O) groups excluding carboxylic acids is 1. The number of methoxy groups -OCH3 is 1. The van der Waals surface area contributed by atoms with Crippen molar-refractivity contribution in [3.05, 3.63) is 83.9 Å². The lowest BCUT2D eigenvalue weighted by molar-refractivity contribution is 0.159. The molecule has 0 unspecified atom stereocenters. The molecule has 9 nitrogen and oxygen atoms in total. The van der Waals surface area contributed by atoms with Gasteiger partial charge in [0.2, 0.25) is 0 Å². The summed E-state index contributed by atoms with van der Waals surface area (Å²) in [5, 5.41) is 15.5. The molecule has 204 valence electrons. The summed E-state index contributed by atoms with van der Waals surface area (Å²) < 4.78 is 22.5. The zero-order chi connectivity index (χ0) is 27.4. The molecule has 0 spiro atoms. The summed E-state index contributed by atoms with van der Waals surface area (Å²) in [7, 11) is 1.68. The molecule has 0 radical (unpaired) electrons. The highest BCUT2D eigenvalue weighted by atomic mass is 19.1. The van der Waals surface area contributed by atoms with E-state index in [9.17, 15) is 9.18 Å². The van der Waals surface area contributed by atoms with Gasteiger partial charge in [-0.3, -0.25) is 14.9 Å². The molecule has 39 heavy (non-hydrogen) atoms. The molecule has 10 heteroatoms. The van der Waals surface area contributed by atoms with Crippen molar-refractivity contribution in [3.8, 4) is 16.9 Å². The van der Waals surface area contributed by atoms with Gasteiger partial charge in [0, 0.05) is 56.5 Å². The highest BCUT2D eigenvalue weighted by molar-refractivity contribution is 5.91. The van der Waals surface area contributed by atoms with Gasteiger partial charge < -0.3 is 10.1 Å². The van der Waals surface area contributed by atoms with E-state index in [4.69, 9.17) is 9.84 Å². The van der Waals surface area contributed by atoms with Crippen LogP contribution in [0.1, 0.15) is 24.0 Å². The number of hydrogen-bond donors (Lipinski definition) is 2. The fraction of sp³-hybridized carbons (Fsp3) is 0.345. The van der Waals surface area contributed by atoms with E-state index in [-0.39, 0.29) is 23.8 Å². The normalized spacial score (nSPS) is 17.4. The van der Waals surface area contributed by atoms with Gasteiger partial charge in [0.05, 0.1) is 24.5 Å². The van der Waals surface area contributed by atoms with E-state index in [0.717, 1.165) is 47.7 Å². The topological polar surface area (TPSA) is 89.2 Å². The average Bonchev–Trinajstić information content (AvgIpc) is 3.66. The molecular weight excluding hydrogens is 497 g/mol. The minimum atomic E-state index is -0.323. The zero-order valence-corrected chi connectivity index (χ0v) is 22.5. The van der Waals surface area contributed by atoms with Crippen LogP contribution in [0, 0.1) is 12.7 Å². The Morgan fingerprint density at radius 1 is 1.13 bits per heavy atom. The second-order valence-corrected chi connectivity index (χ2v) is 9.77. The number of ether oxygens (including phenoxy) is 1. The lowest BCUT2D eigenvalue weighted by Crippen LogP contribution is -2.42. The van der Waals surface area contributed by atoms with Crippen LogP contribution in [0.5, 0.6) is 0 Å². The van der Waals surface area contributed by atoms with Gasteiger partial charge >= 0.3 is 6.03 Å². The van der Waals surface area contributed by atoms with Crippen LogP contribution < -0.4 is 10.6 Å². The highest BCUT2D eigenvalue weighted by Crippen LogP contribution is 2.31. The van der Waals surface area contributed by atoms with E-state index in [1.165, 1.54) is 12.1 Å². The average molecular weight is 532 g/mol. The maximum atomic E-state index is 13.6. The monoisotopic (exact) mass is 531 g/mol. The number of likely N-dealkylation sites (tertiary alicyclic amines) is 1. The number of benzene rings is 2. The number of anilines is 1. The first-order valence-corrected chi connectivity index (χ1v) is 13.2. The van der Waals surface area contributed by atoms with Crippen molar-refractivity contribution in [1.29, 1.82) is 0 Å². The molecule has 2 aromatic carbocycles. The third-order valence-corrected chi connectivity index (χ3v) is 7.21. The van der Waals surface area contributed by atoms with E-state index in [2.05, 4.69) is 20.6 Å². The number of urea groups is 1. The Morgan fingerprint density at radius 3 is 2.59 bits per heavy atom. The van der Waals surface area contributed by atoms with E-state index in [0.29, 0.717) is 19.0 Å². The Kier molecular flexibility index (Phi) is 8.04.